The second kappa shape index (κ2) is 7.59. The molecule has 0 spiro atoms. The molecule has 2 heterocycles. The molecule has 0 fully saturated rings. The molecule has 0 aliphatic rings. The number of pyridine rings is 1. The topological polar surface area (TPSA) is 75.3 Å². The van der Waals surface area contributed by atoms with E-state index in [-0.39, 0.29) is 0 Å². The Bertz CT molecular complexity index is 628. The Kier molecular flexibility index (Phi) is 5.52. The van der Waals surface area contributed by atoms with Crippen LogP contribution in [0.15, 0.2) is 27.7 Å². The van der Waals surface area contributed by atoms with Crippen LogP contribution in [0, 0.1) is 20.8 Å². The second-order valence-corrected chi connectivity index (χ2v) is 5.06. The molecule has 0 saturated carbocycles. The van der Waals surface area contributed by atoms with Crippen LogP contribution < -0.4 is 10.6 Å². The highest BCUT2D eigenvalue weighted by atomic mass is 16.4. The molecule has 0 unspecified atom stereocenters. The van der Waals surface area contributed by atoms with Gasteiger partial charge in [-0.05, 0) is 39.3 Å². The van der Waals surface area contributed by atoms with Gasteiger partial charge in [-0.1, -0.05) is 6.07 Å². The minimum atomic E-state index is 0.502. The van der Waals surface area contributed by atoms with Crippen LogP contribution in [0.5, 0.6) is 0 Å². The first-order valence-electron chi connectivity index (χ1n) is 7.45. The normalized spacial score (nSPS) is 11.5. The van der Waals surface area contributed by atoms with Gasteiger partial charge in [0.15, 0.2) is 5.96 Å². The Morgan fingerprint density at radius 3 is 2.73 bits per heavy atom. The van der Waals surface area contributed by atoms with Crippen LogP contribution in [0.2, 0.25) is 0 Å². The van der Waals surface area contributed by atoms with Gasteiger partial charge >= 0.3 is 0 Å². The molecule has 118 valence electrons. The van der Waals surface area contributed by atoms with Crippen molar-refractivity contribution < 1.29 is 4.42 Å². The van der Waals surface area contributed by atoms with Gasteiger partial charge in [0.1, 0.15) is 5.76 Å². The molecular formula is C16H23N5O. The van der Waals surface area contributed by atoms with Crippen LogP contribution in [0.25, 0.3) is 0 Å². The summed E-state index contributed by atoms with van der Waals surface area (Å²) < 4.78 is 5.56. The van der Waals surface area contributed by atoms with E-state index in [4.69, 9.17) is 4.42 Å². The molecule has 0 aromatic carbocycles. The second-order valence-electron chi connectivity index (χ2n) is 5.06. The van der Waals surface area contributed by atoms with Crippen LogP contribution in [0.3, 0.4) is 0 Å². The number of nitrogens with zero attached hydrogens (tertiary/aromatic N) is 3. The van der Waals surface area contributed by atoms with Crippen molar-refractivity contribution in [3.05, 3.63) is 46.9 Å². The van der Waals surface area contributed by atoms with Crippen molar-refractivity contribution in [2.45, 2.75) is 40.8 Å². The smallest absolute Gasteiger partial charge is 0.214 e. The number of aryl methyl sites for hydroxylation is 3. The Labute approximate surface area is 131 Å². The van der Waals surface area contributed by atoms with E-state index in [2.05, 4.69) is 25.6 Å². The van der Waals surface area contributed by atoms with Gasteiger partial charge in [0.2, 0.25) is 5.89 Å². The first kappa shape index (κ1) is 16.0. The quantitative estimate of drug-likeness (QED) is 0.654. The summed E-state index contributed by atoms with van der Waals surface area (Å²) >= 11 is 0. The number of aliphatic imine (C=N–C) groups is 1. The molecule has 6 nitrogen and oxygen atoms in total. The Morgan fingerprint density at radius 2 is 2.09 bits per heavy atom. The zero-order valence-electron chi connectivity index (χ0n) is 13.6. The number of hydrogen-bond acceptors (Lipinski definition) is 4. The average molecular weight is 301 g/mol. The number of guanidine groups is 1. The van der Waals surface area contributed by atoms with Gasteiger partial charge in [-0.2, -0.15) is 0 Å². The van der Waals surface area contributed by atoms with E-state index in [0.29, 0.717) is 19.0 Å². The molecule has 2 aromatic rings. The summed E-state index contributed by atoms with van der Waals surface area (Å²) in [6, 6.07) is 3.97. The fourth-order valence-corrected chi connectivity index (χ4v) is 1.95. The van der Waals surface area contributed by atoms with E-state index in [1.807, 2.05) is 39.8 Å². The molecule has 0 amide bonds. The lowest BCUT2D eigenvalue weighted by atomic mass is 10.2. The zero-order chi connectivity index (χ0) is 15.9. The highest BCUT2D eigenvalue weighted by molar-refractivity contribution is 5.79. The molecule has 0 aliphatic carbocycles. The Hall–Kier alpha value is -2.37. The highest BCUT2D eigenvalue weighted by Crippen LogP contribution is 2.08. The van der Waals surface area contributed by atoms with Gasteiger partial charge in [-0.15, -0.1) is 0 Å². The molecule has 0 atom stereocenters. The van der Waals surface area contributed by atoms with Crippen molar-refractivity contribution in [3.63, 3.8) is 0 Å². The van der Waals surface area contributed by atoms with E-state index in [1.165, 1.54) is 0 Å². The summed E-state index contributed by atoms with van der Waals surface area (Å²) in [5.41, 5.74) is 3.03. The van der Waals surface area contributed by atoms with E-state index >= 15 is 0 Å². The van der Waals surface area contributed by atoms with Crippen LogP contribution in [0.1, 0.15) is 35.5 Å². The van der Waals surface area contributed by atoms with Crippen molar-refractivity contribution in [1.29, 1.82) is 0 Å². The van der Waals surface area contributed by atoms with Crippen molar-refractivity contribution in [3.8, 4) is 0 Å². The van der Waals surface area contributed by atoms with Gasteiger partial charge in [0.05, 0.1) is 24.5 Å². The number of oxazole rings is 1. The molecule has 0 aliphatic heterocycles. The maximum Gasteiger partial charge on any atom is 0.214 e. The Morgan fingerprint density at radius 1 is 1.27 bits per heavy atom. The van der Waals surface area contributed by atoms with Crippen LogP contribution in [0.4, 0.5) is 0 Å². The molecule has 0 radical (unpaired) electrons. The third-order valence-electron chi connectivity index (χ3n) is 3.33. The van der Waals surface area contributed by atoms with Crippen molar-refractivity contribution >= 4 is 5.96 Å². The van der Waals surface area contributed by atoms with E-state index < -0.39 is 0 Å². The fraction of sp³-hybridized carbons (Fsp3) is 0.438. The molecule has 2 rings (SSSR count). The molecule has 2 aromatic heterocycles. The summed E-state index contributed by atoms with van der Waals surface area (Å²) in [6.45, 7) is 9.74. The lowest BCUT2D eigenvalue weighted by Gasteiger charge is -2.10. The van der Waals surface area contributed by atoms with E-state index in [0.717, 1.165) is 35.2 Å². The largest absolute Gasteiger partial charge is 0.444 e. The fourth-order valence-electron chi connectivity index (χ4n) is 1.95. The van der Waals surface area contributed by atoms with Gasteiger partial charge in [-0.25, -0.2) is 9.98 Å². The molecule has 22 heavy (non-hydrogen) atoms. The molecule has 0 saturated heterocycles. The monoisotopic (exact) mass is 301 g/mol. The maximum atomic E-state index is 5.56. The van der Waals surface area contributed by atoms with Crippen LogP contribution in [-0.4, -0.2) is 22.5 Å². The van der Waals surface area contributed by atoms with E-state index in [9.17, 15) is 0 Å². The Balaban J connectivity index is 1.99. The predicted molar refractivity (Wildman–Crippen MR) is 86.6 cm³/mol. The molecule has 2 N–H and O–H groups in total. The van der Waals surface area contributed by atoms with Crippen molar-refractivity contribution in [2.24, 2.45) is 4.99 Å². The van der Waals surface area contributed by atoms with E-state index in [1.54, 1.807) is 6.20 Å². The summed E-state index contributed by atoms with van der Waals surface area (Å²) in [6.07, 6.45) is 1.79. The number of nitrogens with one attached hydrogen (secondary N) is 2. The van der Waals surface area contributed by atoms with Crippen molar-refractivity contribution in [2.75, 3.05) is 6.54 Å². The molecule has 0 bridgehead atoms. The summed E-state index contributed by atoms with van der Waals surface area (Å²) in [5, 5.41) is 6.43. The minimum Gasteiger partial charge on any atom is -0.444 e. The van der Waals surface area contributed by atoms with Gasteiger partial charge in [0.25, 0.3) is 0 Å². The van der Waals surface area contributed by atoms with Gasteiger partial charge in [0, 0.05) is 12.7 Å². The number of aromatic nitrogens is 2. The average Bonchev–Trinajstić information content (AvgIpc) is 2.82. The standard InChI is InChI=1S/C16H23N5O/c1-5-17-16(19-9-14-11(2)7-6-8-18-14)20-10-15-21-12(3)13(4)22-15/h6-8H,5,9-10H2,1-4H3,(H2,17,19,20). The summed E-state index contributed by atoms with van der Waals surface area (Å²) in [7, 11) is 0. The van der Waals surface area contributed by atoms with Crippen molar-refractivity contribution in [1.82, 2.24) is 20.6 Å². The van der Waals surface area contributed by atoms with Crippen LogP contribution >= 0.6 is 0 Å². The van der Waals surface area contributed by atoms with Gasteiger partial charge in [-0.3, -0.25) is 4.98 Å². The van der Waals surface area contributed by atoms with Crippen LogP contribution in [-0.2, 0) is 13.1 Å². The summed E-state index contributed by atoms with van der Waals surface area (Å²) in [5.74, 6) is 2.23. The molecule has 6 heteroatoms. The number of rotatable bonds is 5. The summed E-state index contributed by atoms with van der Waals surface area (Å²) in [4.78, 5) is 13.3. The first-order valence-corrected chi connectivity index (χ1v) is 7.45. The highest BCUT2D eigenvalue weighted by Gasteiger charge is 2.06. The molecular weight excluding hydrogens is 278 g/mol. The van der Waals surface area contributed by atoms with Gasteiger partial charge < -0.3 is 15.1 Å². The predicted octanol–water partition coefficient (Wildman–Crippen LogP) is 2.25. The number of hydrogen-bond donors (Lipinski definition) is 2. The first-order chi connectivity index (χ1) is 10.6. The zero-order valence-corrected chi connectivity index (χ0v) is 13.6. The SMILES string of the molecule is CCNC(=NCc1ncccc1C)NCc1nc(C)c(C)o1. The third kappa shape index (κ3) is 4.31. The lowest BCUT2D eigenvalue weighted by molar-refractivity contribution is 0.463. The third-order valence-corrected chi connectivity index (χ3v) is 3.33. The maximum absolute atomic E-state index is 5.56. The lowest BCUT2D eigenvalue weighted by Crippen LogP contribution is -2.36. The minimum absolute atomic E-state index is 0.502.